The zero-order valence-corrected chi connectivity index (χ0v) is 34.8. The maximum absolute atomic E-state index is 14.3. The summed E-state index contributed by atoms with van der Waals surface area (Å²) in [5.74, 6) is -1.38. The number of hydrogen-bond donors (Lipinski definition) is 3. The second-order valence-corrected chi connectivity index (χ2v) is 17.2. The highest BCUT2D eigenvalue weighted by Crippen LogP contribution is 2.30. The predicted molar refractivity (Wildman–Crippen MR) is 222 cm³/mol. The van der Waals surface area contributed by atoms with Crippen molar-refractivity contribution < 1.29 is 28.7 Å². The van der Waals surface area contributed by atoms with E-state index in [1.165, 1.54) is 38.8 Å². The number of likely N-dealkylation sites (tertiary alicyclic amines) is 2. The molecule has 3 aliphatic heterocycles. The monoisotopic (exact) mass is 786 g/mol. The van der Waals surface area contributed by atoms with Gasteiger partial charge in [-0.05, 0) is 102 Å². The second-order valence-electron chi connectivity index (χ2n) is 17.2. The molecule has 2 aromatic carbocycles. The Balaban J connectivity index is 1.21. The van der Waals surface area contributed by atoms with Crippen LogP contribution in [-0.2, 0) is 41.6 Å². The Hall–Kier alpha value is -4.09. The normalized spacial score (nSPS) is 22.5. The van der Waals surface area contributed by atoms with E-state index < -0.39 is 41.6 Å². The van der Waals surface area contributed by atoms with E-state index in [4.69, 9.17) is 4.74 Å². The van der Waals surface area contributed by atoms with Gasteiger partial charge in [-0.15, -0.1) is 0 Å². The van der Waals surface area contributed by atoms with Gasteiger partial charge in [0.05, 0.1) is 12.6 Å². The van der Waals surface area contributed by atoms with Crippen molar-refractivity contribution in [3.8, 4) is 0 Å². The number of carbonyl (C=O) groups is 5. The molecule has 0 radical (unpaired) electrons. The van der Waals surface area contributed by atoms with Crippen molar-refractivity contribution in [1.29, 1.82) is 0 Å². The van der Waals surface area contributed by atoms with E-state index in [9.17, 15) is 24.0 Å². The molecule has 0 bridgehead atoms. The van der Waals surface area contributed by atoms with Crippen LogP contribution in [0.2, 0.25) is 0 Å². The van der Waals surface area contributed by atoms with Crippen molar-refractivity contribution in [1.82, 2.24) is 25.8 Å². The van der Waals surface area contributed by atoms with Gasteiger partial charge in [0.25, 0.3) is 0 Å². The van der Waals surface area contributed by atoms with Gasteiger partial charge in [0, 0.05) is 18.9 Å². The average Bonchev–Trinajstić information content (AvgIpc) is 3.90. The molecule has 3 heterocycles. The largest absolute Gasteiger partial charge is 0.361 e. The first-order valence-electron chi connectivity index (χ1n) is 21.6. The van der Waals surface area contributed by atoms with Gasteiger partial charge >= 0.3 is 0 Å². The highest BCUT2D eigenvalue weighted by Gasteiger charge is 2.51. The zero-order valence-electron chi connectivity index (χ0n) is 34.8. The molecule has 0 aliphatic carbocycles. The van der Waals surface area contributed by atoms with E-state index in [1.807, 2.05) is 81.4 Å². The van der Waals surface area contributed by atoms with Crippen molar-refractivity contribution in [3.05, 3.63) is 71.8 Å². The van der Waals surface area contributed by atoms with Gasteiger partial charge in [0.2, 0.25) is 23.6 Å². The Morgan fingerprint density at radius 3 is 2.11 bits per heavy atom. The molecule has 3 aliphatic rings. The standard InChI is InChI=1S/C46H67N5O6/c1-33(2)29-38(42(53)46(4)32-57-46)48-44(55)40(31-36-21-13-9-14-22-36)51-34(3)30-39(45(51)56)49-43(54)37(25-24-35-19-11-8-12-20-35)47-41(52)23-15-6-5-7-16-26-50-27-17-10-18-28-50/h8-9,11-14,19-22,33-34,37-40H,5-7,10,15-18,23-32H2,1-4H3,(H,47,52)(H,48,55)(H,49,54)/t34?,37-,38?,39?,40-,46?/m0/s1. The fourth-order valence-electron chi connectivity index (χ4n) is 8.38. The van der Waals surface area contributed by atoms with Crippen molar-refractivity contribution in [2.45, 2.75) is 153 Å². The lowest BCUT2D eigenvalue weighted by molar-refractivity contribution is -0.142. The summed E-state index contributed by atoms with van der Waals surface area (Å²) in [5.41, 5.74) is 1.01. The number of ether oxygens (including phenoxy) is 1. The smallest absolute Gasteiger partial charge is 0.246 e. The van der Waals surface area contributed by atoms with E-state index in [0.29, 0.717) is 38.7 Å². The van der Waals surface area contributed by atoms with E-state index in [1.54, 1.807) is 11.8 Å². The molecule has 11 nitrogen and oxygen atoms in total. The lowest BCUT2D eigenvalue weighted by atomic mass is 9.92. The zero-order chi connectivity index (χ0) is 40.8. The maximum Gasteiger partial charge on any atom is 0.246 e. The van der Waals surface area contributed by atoms with Crippen LogP contribution in [0.1, 0.15) is 116 Å². The molecule has 0 aromatic heterocycles. The van der Waals surface area contributed by atoms with E-state index >= 15 is 0 Å². The SMILES string of the molecule is CC(C)CC(NC(=O)[C@H](Cc1ccccc1)N1C(=O)C(NC(=O)[C@H](CCc2ccccc2)NC(=O)CCCCCCCN2CCCCC2)CC1C)C(=O)C1(C)CO1. The van der Waals surface area contributed by atoms with Crippen LogP contribution in [-0.4, -0.2) is 101 Å². The number of nitrogens with zero attached hydrogens (tertiary/aromatic N) is 2. The fourth-order valence-corrected chi connectivity index (χ4v) is 8.38. The number of rotatable bonds is 23. The lowest BCUT2D eigenvalue weighted by Crippen LogP contribution is -2.57. The number of ketones is 1. The third-order valence-electron chi connectivity index (χ3n) is 11.8. The van der Waals surface area contributed by atoms with Crippen LogP contribution in [0.25, 0.3) is 0 Å². The molecule has 0 saturated carbocycles. The molecule has 57 heavy (non-hydrogen) atoms. The first-order chi connectivity index (χ1) is 27.4. The summed E-state index contributed by atoms with van der Waals surface area (Å²) in [5, 5.41) is 8.97. The molecule has 6 atom stereocenters. The summed E-state index contributed by atoms with van der Waals surface area (Å²) >= 11 is 0. The average molecular weight is 786 g/mol. The summed E-state index contributed by atoms with van der Waals surface area (Å²) in [6.07, 6.45) is 11.4. The minimum Gasteiger partial charge on any atom is -0.361 e. The van der Waals surface area contributed by atoms with Crippen molar-refractivity contribution in [2.75, 3.05) is 26.2 Å². The summed E-state index contributed by atoms with van der Waals surface area (Å²) in [6, 6.07) is 15.6. The number of Topliss-reactive ketones (excluding diaryl/α,β-unsaturated/α-hetero) is 1. The van der Waals surface area contributed by atoms with Gasteiger partial charge in [-0.25, -0.2) is 0 Å². The number of unbranched alkanes of at least 4 members (excludes halogenated alkanes) is 4. The number of amides is 4. The number of hydrogen-bond acceptors (Lipinski definition) is 7. The number of piperidine rings is 1. The van der Waals surface area contributed by atoms with E-state index in [0.717, 1.165) is 43.4 Å². The van der Waals surface area contributed by atoms with Gasteiger partial charge in [-0.2, -0.15) is 0 Å². The van der Waals surface area contributed by atoms with Gasteiger partial charge < -0.3 is 30.5 Å². The van der Waals surface area contributed by atoms with E-state index in [-0.39, 0.29) is 36.0 Å². The Bertz CT molecular complexity index is 1610. The third-order valence-corrected chi connectivity index (χ3v) is 11.8. The van der Waals surface area contributed by atoms with Gasteiger partial charge in [0.15, 0.2) is 5.78 Å². The molecule has 3 fully saturated rings. The van der Waals surface area contributed by atoms with Crippen molar-refractivity contribution in [3.63, 3.8) is 0 Å². The van der Waals surface area contributed by atoms with Crippen molar-refractivity contribution >= 4 is 29.4 Å². The molecule has 3 saturated heterocycles. The highest BCUT2D eigenvalue weighted by molar-refractivity contribution is 5.99. The number of nitrogens with one attached hydrogen (secondary N) is 3. The first kappa shape index (κ1) is 44.0. The highest BCUT2D eigenvalue weighted by atomic mass is 16.6. The first-order valence-corrected chi connectivity index (χ1v) is 21.6. The van der Waals surface area contributed by atoms with E-state index in [2.05, 4.69) is 20.9 Å². The predicted octanol–water partition coefficient (Wildman–Crippen LogP) is 5.54. The van der Waals surface area contributed by atoms with Crippen LogP contribution in [0, 0.1) is 5.92 Å². The summed E-state index contributed by atoms with van der Waals surface area (Å²) in [7, 11) is 0. The molecule has 312 valence electrons. The van der Waals surface area contributed by atoms with Gasteiger partial charge in [0.1, 0.15) is 23.7 Å². The molecule has 11 heteroatoms. The number of epoxide rings is 1. The minimum absolute atomic E-state index is 0.135. The summed E-state index contributed by atoms with van der Waals surface area (Å²) < 4.78 is 5.45. The second kappa shape index (κ2) is 21.6. The molecule has 0 spiro atoms. The topological polar surface area (TPSA) is 140 Å². The minimum atomic E-state index is -0.912. The number of carbonyl (C=O) groups excluding carboxylic acids is 5. The van der Waals surface area contributed by atoms with Crippen LogP contribution in [0.5, 0.6) is 0 Å². The molecular formula is C46H67N5O6. The Labute approximate surface area is 340 Å². The molecule has 5 rings (SSSR count). The summed E-state index contributed by atoms with van der Waals surface area (Å²) in [4.78, 5) is 73.3. The lowest BCUT2D eigenvalue weighted by Gasteiger charge is -2.33. The molecule has 4 unspecified atom stereocenters. The molecule has 4 amide bonds. The number of benzene rings is 2. The van der Waals surface area contributed by atoms with Crippen LogP contribution in [0.3, 0.4) is 0 Å². The maximum atomic E-state index is 14.3. The van der Waals surface area contributed by atoms with Crippen LogP contribution >= 0.6 is 0 Å². The van der Waals surface area contributed by atoms with Crippen LogP contribution in [0.15, 0.2) is 60.7 Å². The summed E-state index contributed by atoms with van der Waals surface area (Å²) in [6.45, 7) is 11.5. The van der Waals surface area contributed by atoms with Crippen LogP contribution < -0.4 is 16.0 Å². The number of aryl methyl sites for hydroxylation is 1. The molecular weight excluding hydrogens is 719 g/mol. The Kier molecular flexibility index (Phi) is 16.7. The van der Waals surface area contributed by atoms with Crippen LogP contribution in [0.4, 0.5) is 0 Å². The van der Waals surface area contributed by atoms with Gasteiger partial charge in [-0.1, -0.05) is 100 Å². The van der Waals surface area contributed by atoms with Crippen molar-refractivity contribution in [2.24, 2.45) is 5.92 Å². The molecule has 2 aromatic rings. The quantitative estimate of drug-likeness (QED) is 0.0994. The third kappa shape index (κ3) is 13.5. The Morgan fingerprint density at radius 1 is 0.825 bits per heavy atom. The van der Waals surface area contributed by atoms with Gasteiger partial charge in [-0.3, -0.25) is 24.0 Å². The Morgan fingerprint density at radius 2 is 1.46 bits per heavy atom. The fraction of sp³-hybridized carbons (Fsp3) is 0.630. The molecule has 3 N–H and O–H groups in total.